The number of carbonyl (C=O) groups excluding carboxylic acids is 1. The van der Waals surface area contributed by atoms with Gasteiger partial charge in [0.1, 0.15) is 0 Å². The summed E-state index contributed by atoms with van der Waals surface area (Å²) in [5, 5.41) is 0. The van der Waals surface area contributed by atoms with E-state index in [9.17, 15) is 4.79 Å². The molecule has 0 spiro atoms. The third kappa shape index (κ3) is 3.17. The summed E-state index contributed by atoms with van der Waals surface area (Å²) in [5.41, 5.74) is 13.0. The van der Waals surface area contributed by atoms with E-state index in [-0.39, 0.29) is 0 Å². The monoisotopic (exact) mass is 262 g/mol. The van der Waals surface area contributed by atoms with Crippen molar-refractivity contribution in [3.8, 4) is 0 Å². The standard InChI is InChI=1S/C14H22N4O/c1-17-6-5-10(8-17)9-18(2)13-4-3-11(15)7-12(13)14(16)19/h3-4,7,10H,5-6,8-9,15H2,1-2H3,(H2,16,19). The fraction of sp³-hybridized carbons (Fsp3) is 0.500. The molecule has 1 unspecified atom stereocenters. The lowest BCUT2D eigenvalue weighted by atomic mass is 10.1. The Bertz CT molecular complexity index is 475. The minimum Gasteiger partial charge on any atom is -0.399 e. The largest absolute Gasteiger partial charge is 0.399 e. The van der Waals surface area contributed by atoms with E-state index >= 15 is 0 Å². The predicted octanol–water partition coefficient (Wildman–Crippen LogP) is 0.756. The number of nitrogen functional groups attached to an aromatic ring is 1. The molecule has 0 radical (unpaired) electrons. The molecule has 1 aromatic carbocycles. The summed E-state index contributed by atoms with van der Waals surface area (Å²) >= 11 is 0. The van der Waals surface area contributed by atoms with Crippen molar-refractivity contribution in [3.63, 3.8) is 0 Å². The molecule has 5 heteroatoms. The Balaban J connectivity index is 2.14. The molecule has 19 heavy (non-hydrogen) atoms. The minimum atomic E-state index is -0.433. The maximum Gasteiger partial charge on any atom is 0.250 e. The molecule has 0 bridgehead atoms. The number of amides is 1. The van der Waals surface area contributed by atoms with Crippen molar-refractivity contribution in [2.45, 2.75) is 6.42 Å². The van der Waals surface area contributed by atoms with E-state index in [2.05, 4.69) is 16.8 Å². The third-order valence-electron chi connectivity index (χ3n) is 3.72. The Hall–Kier alpha value is -1.75. The van der Waals surface area contributed by atoms with Crippen molar-refractivity contribution in [1.29, 1.82) is 0 Å². The molecule has 0 aromatic heterocycles. The van der Waals surface area contributed by atoms with Crippen LogP contribution < -0.4 is 16.4 Å². The van der Waals surface area contributed by atoms with Crippen molar-refractivity contribution < 1.29 is 4.79 Å². The number of hydrogen-bond donors (Lipinski definition) is 2. The molecule has 104 valence electrons. The van der Waals surface area contributed by atoms with Crippen molar-refractivity contribution in [2.24, 2.45) is 11.7 Å². The van der Waals surface area contributed by atoms with E-state index < -0.39 is 5.91 Å². The topological polar surface area (TPSA) is 75.6 Å². The summed E-state index contributed by atoms with van der Waals surface area (Å²) in [7, 11) is 4.13. The van der Waals surface area contributed by atoms with Crippen LogP contribution in [-0.4, -0.2) is 44.5 Å². The van der Waals surface area contributed by atoms with Gasteiger partial charge in [-0.25, -0.2) is 0 Å². The molecule has 1 heterocycles. The van der Waals surface area contributed by atoms with E-state index in [0.717, 1.165) is 25.3 Å². The van der Waals surface area contributed by atoms with Crippen molar-refractivity contribution in [2.75, 3.05) is 44.4 Å². The number of nitrogens with two attached hydrogens (primary N) is 2. The highest BCUT2D eigenvalue weighted by atomic mass is 16.1. The second kappa shape index (κ2) is 5.48. The number of anilines is 2. The molecule has 1 aliphatic rings. The molecular weight excluding hydrogens is 240 g/mol. The van der Waals surface area contributed by atoms with E-state index in [1.165, 1.54) is 6.42 Å². The van der Waals surface area contributed by atoms with Gasteiger partial charge in [0.05, 0.1) is 5.56 Å². The first-order chi connectivity index (χ1) is 8.97. The summed E-state index contributed by atoms with van der Waals surface area (Å²) in [6.45, 7) is 3.17. The van der Waals surface area contributed by atoms with Crippen molar-refractivity contribution >= 4 is 17.3 Å². The molecule has 1 amide bonds. The molecule has 0 saturated carbocycles. The molecule has 1 saturated heterocycles. The normalized spacial score (nSPS) is 19.6. The van der Waals surface area contributed by atoms with Crippen LogP contribution in [0.4, 0.5) is 11.4 Å². The molecule has 4 N–H and O–H groups in total. The zero-order valence-corrected chi connectivity index (χ0v) is 11.6. The van der Waals surface area contributed by atoms with Crippen LogP contribution in [0.1, 0.15) is 16.8 Å². The molecule has 1 aliphatic heterocycles. The first kappa shape index (κ1) is 13.7. The smallest absolute Gasteiger partial charge is 0.250 e. The highest BCUT2D eigenvalue weighted by Crippen LogP contribution is 2.24. The summed E-state index contributed by atoms with van der Waals surface area (Å²) in [5.74, 6) is 0.200. The van der Waals surface area contributed by atoms with Crippen LogP contribution in [0.15, 0.2) is 18.2 Å². The minimum absolute atomic E-state index is 0.433. The van der Waals surface area contributed by atoms with E-state index in [1.807, 2.05) is 13.1 Å². The highest BCUT2D eigenvalue weighted by molar-refractivity contribution is 5.99. The van der Waals surface area contributed by atoms with Crippen LogP contribution in [-0.2, 0) is 0 Å². The lowest BCUT2D eigenvalue weighted by Gasteiger charge is -2.25. The predicted molar refractivity (Wildman–Crippen MR) is 78.2 cm³/mol. The number of hydrogen-bond acceptors (Lipinski definition) is 4. The second-order valence-electron chi connectivity index (χ2n) is 5.44. The van der Waals surface area contributed by atoms with Gasteiger partial charge < -0.3 is 21.3 Å². The number of likely N-dealkylation sites (tertiary alicyclic amines) is 1. The van der Waals surface area contributed by atoms with Crippen LogP contribution in [0.25, 0.3) is 0 Å². The van der Waals surface area contributed by atoms with E-state index in [1.54, 1.807) is 12.1 Å². The second-order valence-corrected chi connectivity index (χ2v) is 5.44. The summed E-state index contributed by atoms with van der Waals surface area (Å²) in [6.07, 6.45) is 1.20. The van der Waals surface area contributed by atoms with Crippen molar-refractivity contribution in [1.82, 2.24) is 4.90 Å². The van der Waals surface area contributed by atoms with Gasteiger partial charge in [0, 0.05) is 31.5 Å². The Kier molecular flexibility index (Phi) is 3.95. The van der Waals surface area contributed by atoms with Gasteiger partial charge in [-0.15, -0.1) is 0 Å². The van der Waals surface area contributed by atoms with Crippen molar-refractivity contribution in [3.05, 3.63) is 23.8 Å². The number of carbonyl (C=O) groups is 1. The molecule has 1 atom stereocenters. The van der Waals surface area contributed by atoms with E-state index in [4.69, 9.17) is 11.5 Å². The first-order valence-electron chi connectivity index (χ1n) is 6.56. The Labute approximate surface area is 114 Å². The quantitative estimate of drug-likeness (QED) is 0.785. The summed E-state index contributed by atoms with van der Waals surface area (Å²) in [6, 6.07) is 5.32. The summed E-state index contributed by atoms with van der Waals surface area (Å²) in [4.78, 5) is 15.9. The Morgan fingerprint density at radius 1 is 1.53 bits per heavy atom. The van der Waals surface area contributed by atoms with Gasteiger partial charge in [0.15, 0.2) is 0 Å². The lowest BCUT2D eigenvalue weighted by Crippen LogP contribution is -2.29. The Morgan fingerprint density at radius 3 is 2.84 bits per heavy atom. The lowest BCUT2D eigenvalue weighted by molar-refractivity contribution is 0.100. The van der Waals surface area contributed by atoms with E-state index in [0.29, 0.717) is 17.2 Å². The van der Waals surface area contributed by atoms with Gasteiger partial charge >= 0.3 is 0 Å². The number of rotatable bonds is 4. The fourth-order valence-corrected chi connectivity index (χ4v) is 2.74. The van der Waals surface area contributed by atoms with Crippen LogP contribution >= 0.6 is 0 Å². The van der Waals surface area contributed by atoms with Gasteiger partial charge in [-0.05, 0) is 44.1 Å². The number of benzene rings is 1. The Morgan fingerprint density at radius 2 is 2.26 bits per heavy atom. The van der Waals surface area contributed by atoms with Crippen LogP contribution in [0.2, 0.25) is 0 Å². The van der Waals surface area contributed by atoms with Gasteiger partial charge in [0.2, 0.25) is 0 Å². The van der Waals surface area contributed by atoms with Crippen LogP contribution in [0.5, 0.6) is 0 Å². The maximum absolute atomic E-state index is 11.5. The molecular formula is C14H22N4O. The first-order valence-corrected chi connectivity index (χ1v) is 6.56. The molecule has 0 aliphatic carbocycles. The zero-order valence-electron chi connectivity index (χ0n) is 11.6. The average molecular weight is 262 g/mol. The molecule has 5 nitrogen and oxygen atoms in total. The number of nitrogens with zero attached hydrogens (tertiary/aromatic N) is 2. The highest BCUT2D eigenvalue weighted by Gasteiger charge is 2.22. The molecule has 2 rings (SSSR count). The van der Waals surface area contributed by atoms with Gasteiger partial charge in [-0.2, -0.15) is 0 Å². The SMILES string of the molecule is CN1CCC(CN(C)c2ccc(N)cc2C(N)=O)C1. The third-order valence-corrected chi connectivity index (χ3v) is 3.72. The van der Waals surface area contributed by atoms with Gasteiger partial charge in [-0.3, -0.25) is 4.79 Å². The summed E-state index contributed by atoms with van der Waals surface area (Å²) < 4.78 is 0. The number of primary amides is 1. The fourth-order valence-electron chi connectivity index (χ4n) is 2.74. The molecule has 1 aromatic rings. The van der Waals surface area contributed by atoms with Gasteiger partial charge in [-0.1, -0.05) is 0 Å². The van der Waals surface area contributed by atoms with Gasteiger partial charge in [0.25, 0.3) is 5.91 Å². The zero-order chi connectivity index (χ0) is 14.0. The van der Waals surface area contributed by atoms with Crippen LogP contribution in [0, 0.1) is 5.92 Å². The van der Waals surface area contributed by atoms with Crippen LogP contribution in [0.3, 0.4) is 0 Å². The maximum atomic E-state index is 11.5. The average Bonchev–Trinajstić information content (AvgIpc) is 2.74. The molecule has 1 fully saturated rings.